The molecule has 0 radical (unpaired) electrons. The number of hydrogen-bond donors (Lipinski definition) is 0. The highest BCUT2D eigenvalue weighted by molar-refractivity contribution is 6.42. The Balaban J connectivity index is 0.000000153. The number of imidazole rings is 3. The van der Waals surface area contributed by atoms with E-state index in [1.807, 2.05) is 108 Å². The molecule has 0 atom stereocenters. The number of benzene rings is 6. The van der Waals surface area contributed by atoms with Gasteiger partial charge in [0, 0.05) is 67.9 Å². The molecule has 0 N–H and O–H groups in total. The van der Waals surface area contributed by atoms with Crippen molar-refractivity contribution >= 4 is 34.8 Å². The normalized spacial score (nSPS) is 10.3. The highest BCUT2D eigenvalue weighted by atomic mass is 35.5. The summed E-state index contributed by atoms with van der Waals surface area (Å²) in [6.45, 7) is 7.97. The minimum absolute atomic E-state index is 0.400. The number of hydrogen-bond acceptors (Lipinski definition) is 9. The van der Waals surface area contributed by atoms with Crippen molar-refractivity contribution in [1.29, 1.82) is 15.8 Å². The number of halogens is 3. The van der Waals surface area contributed by atoms with Gasteiger partial charge in [-0.25, -0.2) is 15.0 Å². The van der Waals surface area contributed by atoms with Crippen LogP contribution in [0.2, 0.25) is 15.1 Å². The Morgan fingerprint density at radius 3 is 1.28 bits per heavy atom. The smallest absolute Gasteiger partial charge is 0.145 e. The van der Waals surface area contributed by atoms with E-state index in [1.165, 1.54) is 5.56 Å². The second-order valence-corrected chi connectivity index (χ2v) is 16.8. The summed E-state index contributed by atoms with van der Waals surface area (Å²) in [7, 11) is 0. The standard InChI is InChI=1S/C19H17N3O.C18H14ClN3O.C17H11Cl2N3O/c1-14-3-6-18(15(2)9-14)23-19-10-16(4-5-17(19)11-20)12-22-8-7-21-13-22;1-13-8-16(19)4-5-17(13)23-18-9-14(2-3-15(18)10-20)11-22-7-6-21-12-22;18-15-4-3-14(8-16(15)19)23-17-7-12(1-2-13(17)9-20)10-22-6-5-21-11-22/h3-10,13H,12H2,1-2H3;2-9,12H,11H2,1H3;1-8,11H,10H2. The van der Waals surface area contributed by atoms with Gasteiger partial charge in [0.1, 0.15) is 52.7 Å². The van der Waals surface area contributed by atoms with E-state index in [4.69, 9.17) is 49.0 Å². The molecular weight excluding hydrogens is 929 g/mol. The van der Waals surface area contributed by atoms with Gasteiger partial charge in [-0.15, -0.1) is 0 Å². The molecule has 0 saturated heterocycles. The molecule has 12 nitrogen and oxygen atoms in total. The van der Waals surface area contributed by atoms with Gasteiger partial charge in [0.05, 0.1) is 45.7 Å². The van der Waals surface area contributed by atoms with Crippen molar-refractivity contribution in [2.45, 2.75) is 40.4 Å². The number of aromatic nitrogens is 6. The Bertz CT molecular complexity index is 3150. The molecule has 15 heteroatoms. The first-order valence-corrected chi connectivity index (χ1v) is 22.4. The zero-order valence-corrected chi connectivity index (χ0v) is 39.9. The quantitative estimate of drug-likeness (QED) is 0.116. The van der Waals surface area contributed by atoms with Crippen molar-refractivity contribution in [2.24, 2.45) is 0 Å². The van der Waals surface area contributed by atoms with E-state index in [0.717, 1.165) is 33.6 Å². The minimum Gasteiger partial charge on any atom is -0.456 e. The number of ether oxygens (including phenoxy) is 3. The van der Waals surface area contributed by atoms with Crippen molar-refractivity contribution < 1.29 is 14.2 Å². The van der Waals surface area contributed by atoms with Gasteiger partial charge in [-0.2, -0.15) is 15.8 Å². The number of rotatable bonds is 12. The minimum atomic E-state index is 0.400. The topological polar surface area (TPSA) is 153 Å². The number of nitriles is 3. The maximum Gasteiger partial charge on any atom is 0.145 e. The summed E-state index contributed by atoms with van der Waals surface area (Å²) in [5.74, 6) is 3.57. The van der Waals surface area contributed by atoms with E-state index in [9.17, 15) is 15.8 Å². The Hall–Kier alpha value is -8.31. The lowest BCUT2D eigenvalue weighted by atomic mass is 10.1. The molecule has 0 aliphatic carbocycles. The van der Waals surface area contributed by atoms with Crippen LogP contribution in [0.25, 0.3) is 0 Å². The second-order valence-electron chi connectivity index (χ2n) is 15.6. The molecule has 0 unspecified atom stereocenters. The Labute approximate surface area is 415 Å². The van der Waals surface area contributed by atoms with Gasteiger partial charge in [0.25, 0.3) is 0 Å². The van der Waals surface area contributed by atoms with Crippen LogP contribution in [0.1, 0.15) is 50.1 Å². The molecule has 0 aliphatic heterocycles. The lowest BCUT2D eigenvalue weighted by molar-refractivity contribution is 0.476. The average molecular weight is 971 g/mol. The predicted octanol–water partition coefficient (Wildman–Crippen LogP) is 13.7. The van der Waals surface area contributed by atoms with Gasteiger partial charge in [-0.3, -0.25) is 0 Å². The molecule has 9 aromatic rings. The Morgan fingerprint density at radius 1 is 0.449 bits per heavy atom. The summed E-state index contributed by atoms with van der Waals surface area (Å²) in [6, 6.07) is 39.5. The SMILES string of the molecule is Cc1cc(Cl)ccc1Oc1cc(Cn2ccnc2)ccc1C#N.Cc1ccc(Oc2cc(Cn3ccnc3)ccc2C#N)c(C)c1.N#Cc1ccc(Cn2ccnc2)cc1Oc1ccc(Cl)c(Cl)c1. The van der Waals surface area contributed by atoms with E-state index >= 15 is 0 Å². The van der Waals surface area contributed by atoms with E-state index in [0.29, 0.717) is 80.1 Å². The highest BCUT2D eigenvalue weighted by Gasteiger charge is 2.12. The Kier molecular flexibility index (Phi) is 16.5. The first-order chi connectivity index (χ1) is 33.5. The summed E-state index contributed by atoms with van der Waals surface area (Å²) >= 11 is 17.9. The summed E-state index contributed by atoms with van der Waals surface area (Å²) in [4.78, 5) is 12.1. The fourth-order valence-corrected chi connectivity index (χ4v) is 7.36. The first-order valence-electron chi connectivity index (χ1n) is 21.2. The van der Waals surface area contributed by atoms with Crippen LogP contribution in [-0.4, -0.2) is 28.7 Å². The predicted molar refractivity (Wildman–Crippen MR) is 266 cm³/mol. The molecule has 0 saturated carbocycles. The monoisotopic (exact) mass is 969 g/mol. The van der Waals surface area contributed by atoms with E-state index < -0.39 is 0 Å². The van der Waals surface area contributed by atoms with Gasteiger partial charge in [0.15, 0.2) is 0 Å². The molecule has 69 heavy (non-hydrogen) atoms. The maximum absolute atomic E-state index is 9.31. The third-order valence-corrected chi connectivity index (χ3v) is 11.3. The van der Waals surface area contributed by atoms with Crippen molar-refractivity contribution in [3.05, 3.63) is 230 Å². The van der Waals surface area contributed by atoms with Crippen LogP contribution in [0, 0.1) is 54.8 Å². The molecule has 3 heterocycles. The van der Waals surface area contributed by atoms with Gasteiger partial charge in [-0.1, -0.05) is 70.7 Å². The van der Waals surface area contributed by atoms with Crippen molar-refractivity contribution in [3.8, 4) is 52.7 Å². The van der Waals surface area contributed by atoms with Crippen LogP contribution in [0.5, 0.6) is 34.5 Å². The molecule has 3 aromatic heterocycles. The fraction of sp³-hybridized carbons (Fsp3) is 0.111. The van der Waals surface area contributed by atoms with Gasteiger partial charge < -0.3 is 27.9 Å². The zero-order chi connectivity index (χ0) is 48.7. The lowest BCUT2D eigenvalue weighted by Crippen LogP contribution is -1.98. The molecule has 0 aliphatic rings. The third-order valence-electron chi connectivity index (χ3n) is 10.3. The summed E-state index contributed by atoms with van der Waals surface area (Å²) in [6.07, 6.45) is 16.1. The van der Waals surface area contributed by atoms with Crippen LogP contribution >= 0.6 is 34.8 Å². The molecule has 0 spiro atoms. The van der Waals surface area contributed by atoms with Crippen LogP contribution in [0.3, 0.4) is 0 Å². The molecule has 0 fully saturated rings. The second kappa shape index (κ2) is 23.4. The van der Waals surface area contributed by atoms with E-state index in [2.05, 4.69) is 39.2 Å². The average Bonchev–Trinajstić information content (AvgIpc) is 4.17. The summed E-state index contributed by atoms with van der Waals surface area (Å²) in [5.41, 5.74) is 7.71. The maximum atomic E-state index is 9.31. The highest BCUT2D eigenvalue weighted by Crippen LogP contribution is 2.33. The van der Waals surface area contributed by atoms with E-state index in [1.54, 1.807) is 86.1 Å². The van der Waals surface area contributed by atoms with Crippen LogP contribution in [0.4, 0.5) is 0 Å². The van der Waals surface area contributed by atoms with Gasteiger partial charge in [-0.05, 0) is 121 Å². The van der Waals surface area contributed by atoms with Crippen molar-refractivity contribution in [3.63, 3.8) is 0 Å². The largest absolute Gasteiger partial charge is 0.456 e. The summed E-state index contributed by atoms with van der Waals surface area (Å²) in [5, 5.41) is 29.4. The molecule has 342 valence electrons. The third kappa shape index (κ3) is 13.6. The molecule has 0 bridgehead atoms. The van der Waals surface area contributed by atoms with Gasteiger partial charge in [0.2, 0.25) is 0 Å². The molecule has 9 rings (SSSR count). The molecule has 6 aromatic carbocycles. The van der Waals surface area contributed by atoms with Crippen LogP contribution in [-0.2, 0) is 19.6 Å². The Morgan fingerprint density at radius 2 is 0.884 bits per heavy atom. The van der Waals surface area contributed by atoms with E-state index in [-0.39, 0.29) is 0 Å². The number of aryl methyl sites for hydroxylation is 3. The van der Waals surface area contributed by atoms with Gasteiger partial charge >= 0.3 is 0 Å². The van der Waals surface area contributed by atoms with Crippen LogP contribution in [0.15, 0.2) is 165 Å². The van der Waals surface area contributed by atoms with Crippen molar-refractivity contribution in [2.75, 3.05) is 0 Å². The van der Waals surface area contributed by atoms with Crippen LogP contribution < -0.4 is 14.2 Å². The number of nitrogens with zero attached hydrogens (tertiary/aromatic N) is 9. The van der Waals surface area contributed by atoms with Crippen molar-refractivity contribution in [1.82, 2.24) is 28.7 Å². The first kappa shape index (κ1) is 48.6. The molecule has 0 amide bonds. The zero-order valence-electron chi connectivity index (χ0n) is 37.6. The lowest BCUT2D eigenvalue weighted by Gasteiger charge is -2.12. The molecular formula is C54H42Cl3N9O3. The fourth-order valence-electron chi connectivity index (χ4n) is 6.84. The summed E-state index contributed by atoms with van der Waals surface area (Å²) < 4.78 is 23.6.